The van der Waals surface area contributed by atoms with Gasteiger partial charge in [0.1, 0.15) is 12.6 Å². The average molecular weight is 486 g/mol. The van der Waals surface area contributed by atoms with Crippen LogP contribution in [0.15, 0.2) is 60.7 Å². The van der Waals surface area contributed by atoms with E-state index < -0.39 is 23.7 Å². The van der Waals surface area contributed by atoms with Crippen LogP contribution in [-0.4, -0.2) is 49.3 Å². The smallest absolute Gasteiger partial charge is 0.328 e. The van der Waals surface area contributed by atoms with E-state index in [1.54, 1.807) is 21.0 Å². The number of benzene rings is 2. The lowest BCUT2D eigenvalue weighted by Gasteiger charge is -2.34. The summed E-state index contributed by atoms with van der Waals surface area (Å²) in [6, 6.07) is 18.1. The molecule has 1 amide bonds. The van der Waals surface area contributed by atoms with E-state index in [4.69, 9.17) is 14.2 Å². The summed E-state index contributed by atoms with van der Waals surface area (Å²) in [4.78, 5) is 24.6. The predicted octanol–water partition coefficient (Wildman–Crippen LogP) is 3.12. The van der Waals surface area contributed by atoms with Crippen molar-refractivity contribution in [3.05, 3.63) is 71.8 Å². The molecule has 2 aromatic carbocycles. The summed E-state index contributed by atoms with van der Waals surface area (Å²) in [5, 5.41) is 2.67. The normalized spacial score (nSPS) is 15.5. The van der Waals surface area contributed by atoms with Gasteiger partial charge in [0.05, 0.1) is 24.4 Å². The number of esters is 1. The number of ether oxygens (including phenoxy) is 3. The number of nitrogens with one attached hydrogen (secondary N) is 3. The molecule has 0 heterocycles. The lowest BCUT2D eigenvalue weighted by Crippen LogP contribution is -2.53. The molecule has 0 saturated carbocycles. The maximum absolute atomic E-state index is 12.4. The van der Waals surface area contributed by atoms with E-state index in [1.807, 2.05) is 74.5 Å². The second-order valence-corrected chi connectivity index (χ2v) is 8.82. The van der Waals surface area contributed by atoms with Gasteiger partial charge in [0.25, 0.3) is 0 Å². The van der Waals surface area contributed by atoms with E-state index in [0.29, 0.717) is 19.6 Å². The van der Waals surface area contributed by atoms with Gasteiger partial charge in [0.15, 0.2) is 0 Å². The van der Waals surface area contributed by atoms with Crippen molar-refractivity contribution in [2.45, 2.75) is 71.1 Å². The highest BCUT2D eigenvalue weighted by molar-refractivity contribution is 5.87. The van der Waals surface area contributed by atoms with Crippen LogP contribution in [-0.2, 0) is 37.0 Å². The van der Waals surface area contributed by atoms with Crippen molar-refractivity contribution in [3.63, 3.8) is 0 Å². The highest BCUT2D eigenvalue weighted by Crippen LogP contribution is 2.22. The molecule has 192 valence electrons. The van der Waals surface area contributed by atoms with Crippen molar-refractivity contribution >= 4 is 11.9 Å². The van der Waals surface area contributed by atoms with Crippen LogP contribution in [0.4, 0.5) is 0 Å². The average Bonchev–Trinajstić information content (AvgIpc) is 2.89. The van der Waals surface area contributed by atoms with Gasteiger partial charge >= 0.3 is 5.97 Å². The number of amides is 1. The molecule has 0 radical (unpaired) electrons. The zero-order valence-electron chi connectivity index (χ0n) is 21.4. The number of hydrazine groups is 1. The van der Waals surface area contributed by atoms with Gasteiger partial charge in [-0.15, -0.1) is 0 Å². The van der Waals surface area contributed by atoms with Crippen LogP contribution in [0.1, 0.15) is 45.2 Å². The van der Waals surface area contributed by atoms with Crippen LogP contribution in [0.3, 0.4) is 0 Å². The van der Waals surface area contributed by atoms with E-state index >= 15 is 0 Å². The molecule has 35 heavy (non-hydrogen) atoms. The van der Waals surface area contributed by atoms with Crippen LogP contribution in [0, 0.1) is 0 Å². The Labute approximate surface area is 208 Å². The number of hydrogen-bond donors (Lipinski definition) is 3. The second-order valence-electron chi connectivity index (χ2n) is 8.82. The third-order valence-electron chi connectivity index (χ3n) is 6.06. The fraction of sp³-hybridized carbons (Fsp3) is 0.481. The van der Waals surface area contributed by atoms with E-state index in [0.717, 1.165) is 11.1 Å². The van der Waals surface area contributed by atoms with Crippen molar-refractivity contribution in [2.75, 3.05) is 13.7 Å². The summed E-state index contributed by atoms with van der Waals surface area (Å²) in [7, 11) is 1.67. The van der Waals surface area contributed by atoms with Crippen molar-refractivity contribution in [3.8, 4) is 0 Å². The van der Waals surface area contributed by atoms with Gasteiger partial charge in [-0.05, 0) is 45.2 Å². The zero-order valence-corrected chi connectivity index (χ0v) is 21.4. The fourth-order valence-electron chi connectivity index (χ4n) is 3.30. The quantitative estimate of drug-likeness (QED) is 0.203. The Balaban J connectivity index is 1.68. The zero-order chi connectivity index (χ0) is 25.7. The van der Waals surface area contributed by atoms with Gasteiger partial charge in [-0.25, -0.2) is 10.2 Å². The Morgan fingerprint density at radius 2 is 1.46 bits per heavy atom. The van der Waals surface area contributed by atoms with Crippen molar-refractivity contribution in [2.24, 2.45) is 0 Å². The SMILES string of the molecule is CO[C@@](C)(CCNN[C@@H](C)C(=O)N[C@@H](C)C(=O)OCc1ccccc1)[C@@H](C)OCc1ccccc1. The number of methoxy groups -OCH3 is 1. The summed E-state index contributed by atoms with van der Waals surface area (Å²) in [6.45, 7) is 8.54. The number of carbonyl (C=O) groups excluding carboxylic acids is 2. The first-order chi connectivity index (χ1) is 16.7. The van der Waals surface area contributed by atoms with Gasteiger partial charge in [-0.2, -0.15) is 0 Å². The highest BCUT2D eigenvalue weighted by Gasteiger charge is 2.31. The van der Waals surface area contributed by atoms with Crippen LogP contribution in [0.5, 0.6) is 0 Å². The molecule has 0 fully saturated rings. The fourth-order valence-corrected chi connectivity index (χ4v) is 3.30. The van der Waals surface area contributed by atoms with Crippen molar-refractivity contribution in [1.82, 2.24) is 16.2 Å². The predicted molar refractivity (Wildman–Crippen MR) is 135 cm³/mol. The molecule has 0 spiro atoms. The first kappa shape index (κ1) is 28.5. The van der Waals surface area contributed by atoms with Crippen molar-refractivity contribution < 1.29 is 23.8 Å². The number of hydrogen-bond acceptors (Lipinski definition) is 7. The Bertz CT molecular complexity index is 896. The molecule has 0 aliphatic carbocycles. The standard InChI is InChI=1S/C27H39N3O5/c1-20(25(31)29-21(2)26(32)35-19-24-14-10-7-11-15-24)30-28-17-16-27(4,33-5)22(3)34-18-23-12-8-6-9-13-23/h6-15,20-22,28,30H,16-19H2,1-5H3,(H,29,31)/t20-,21-,22+,27-/m0/s1. The number of carbonyl (C=O) groups is 2. The first-order valence-corrected chi connectivity index (χ1v) is 11.9. The van der Waals surface area contributed by atoms with Crippen LogP contribution in [0.25, 0.3) is 0 Å². The maximum atomic E-state index is 12.4. The van der Waals surface area contributed by atoms with E-state index in [-0.39, 0.29) is 18.6 Å². The highest BCUT2D eigenvalue weighted by atomic mass is 16.5. The first-order valence-electron chi connectivity index (χ1n) is 11.9. The molecule has 0 unspecified atom stereocenters. The summed E-state index contributed by atoms with van der Waals surface area (Å²) in [5.41, 5.74) is 7.53. The number of rotatable bonds is 15. The molecule has 0 aliphatic heterocycles. The third-order valence-corrected chi connectivity index (χ3v) is 6.06. The van der Waals surface area contributed by atoms with Crippen LogP contribution in [0.2, 0.25) is 0 Å². The lowest BCUT2D eigenvalue weighted by atomic mass is 9.95. The molecule has 2 rings (SSSR count). The molecular formula is C27H39N3O5. The Morgan fingerprint density at radius 1 is 0.886 bits per heavy atom. The van der Waals surface area contributed by atoms with E-state index in [1.165, 1.54) is 0 Å². The Morgan fingerprint density at radius 3 is 2.03 bits per heavy atom. The summed E-state index contributed by atoms with van der Waals surface area (Å²) in [6.07, 6.45) is 0.515. The Hall–Kier alpha value is -2.78. The van der Waals surface area contributed by atoms with Crippen LogP contribution < -0.4 is 16.2 Å². The monoisotopic (exact) mass is 485 g/mol. The van der Waals surface area contributed by atoms with E-state index in [9.17, 15) is 9.59 Å². The molecule has 8 heteroatoms. The molecule has 3 N–H and O–H groups in total. The van der Waals surface area contributed by atoms with Gasteiger partial charge in [-0.1, -0.05) is 60.7 Å². The molecule has 0 aliphatic rings. The minimum atomic E-state index is -0.755. The molecule has 0 bridgehead atoms. The van der Waals surface area contributed by atoms with Gasteiger partial charge in [0, 0.05) is 13.7 Å². The largest absolute Gasteiger partial charge is 0.459 e. The van der Waals surface area contributed by atoms with Crippen molar-refractivity contribution in [1.29, 1.82) is 0 Å². The Kier molecular flexibility index (Phi) is 11.9. The molecule has 0 aromatic heterocycles. The maximum Gasteiger partial charge on any atom is 0.328 e. The molecule has 2 aromatic rings. The van der Waals surface area contributed by atoms with Gasteiger partial charge in [-0.3, -0.25) is 10.2 Å². The van der Waals surface area contributed by atoms with Crippen LogP contribution >= 0.6 is 0 Å². The molecule has 0 saturated heterocycles. The van der Waals surface area contributed by atoms with Gasteiger partial charge in [0.2, 0.25) is 5.91 Å². The molecule has 4 atom stereocenters. The summed E-state index contributed by atoms with van der Waals surface area (Å²) in [5.74, 6) is -0.793. The summed E-state index contributed by atoms with van der Waals surface area (Å²) < 4.78 is 17.1. The minimum absolute atomic E-state index is 0.141. The molecular weight excluding hydrogens is 446 g/mol. The topological polar surface area (TPSA) is 97.9 Å². The summed E-state index contributed by atoms with van der Waals surface area (Å²) >= 11 is 0. The van der Waals surface area contributed by atoms with E-state index in [2.05, 4.69) is 16.2 Å². The minimum Gasteiger partial charge on any atom is -0.459 e. The lowest BCUT2D eigenvalue weighted by molar-refractivity contribution is -0.148. The second kappa shape index (κ2) is 14.6. The third kappa shape index (κ3) is 9.78. The van der Waals surface area contributed by atoms with Gasteiger partial charge < -0.3 is 19.5 Å². The molecule has 8 nitrogen and oxygen atoms in total.